The lowest BCUT2D eigenvalue weighted by Gasteiger charge is -2.15. The third-order valence-electron chi connectivity index (χ3n) is 2.86. The molecule has 4 nitrogen and oxygen atoms in total. The third-order valence-corrected chi connectivity index (χ3v) is 4.22. The number of amides is 1. The number of aromatic nitrogens is 1. The zero-order valence-electron chi connectivity index (χ0n) is 10.4. The molecule has 0 aliphatic carbocycles. The number of hydrogen-bond donors (Lipinski definition) is 1. The molecule has 0 spiro atoms. The number of nitrogens with zero attached hydrogens (tertiary/aromatic N) is 2. The molecule has 0 radical (unpaired) electrons. The first-order chi connectivity index (χ1) is 8.87. The number of thiazole rings is 1. The summed E-state index contributed by atoms with van der Waals surface area (Å²) in [5, 5.41) is 3.57. The van der Waals surface area contributed by atoms with Crippen molar-refractivity contribution in [2.75, 3.05) is 26.2 Å². The van der Waals surface area contributed by atoms with Crippen molar-refractivity contribution in [2.24, 2.45) is 0 Å². The number of carbonyl (C=O) groups excluding carboxylic acids is 1. The number of carbonyl (C=O) groups is 1. The van der Waals surface area contributed by atoms with Gasteiger partial charge in [0.25, 0.3) is 11.8 Å². The van der Waals surface area contributed by atoms with Crippen LogP contribution in [-0.2, 0) is 0 Å². The number of hydrogen-bond acceptors (Lipinski definition) is 4. The van der Waals surface area contributed by atoms with Gasteiger partial charge in [-0.15, -0.1) is 11.3 Å². The van der Waals surface area contributed by atoms with Crippen LogP contribution in [0.3, 0.4) is 0 Å². The van der Waals surface area contributed by atoms with E-state index in [1.807, 2.05) is 0 Å². The number of alkyl halides is 2. The van der Waals surface area contributed by atoms with E-state index in [1.54, 1.807) is 11.8 Å². The van der Waals surface area contributed by atoms with Crippen molar-refractivity contribution < 1.29 is 13.6 Å². The molecule has 2 rings (SSSR count). The van der Waals surface area contributed by atoms with E-state index in [0.29, 0.717) is 29.5 Å². The van der Waals surface area contributed by atoms with Crippen LogP contribution < -0.4 is 5.32 Å². The molecule has 1 aliphatic rings. The van der Waals surface area contributed by atoms with Crippen LogP contribution in [0.15, 0.2) is 0 Å². The molecule has 1 aliphatic heterocycles. The Morgan fingerprint density at radius 2 is 2.37 bits per heavy atom. The molecule has 0 bridgehead atoms. The SMILES string of the molecule is Cc1nc(Cl)c(C(=O)NCCN2CCC(F)(F)C2)s1. The minimum absolute atomic E-state index is 0.110. The fourth-order valence-corrected chi connectivity index (χ4v) is 3.05. The second-order valence-corrected chi connectivity index (χ2v) is 6.05. The highest BCUT2D eigenvalue weighted by molar-refractivity contribution is 7.14. The maximum Gasteiger partial charge on any atom is 0.264 e. The number of likely N-dealkylation sites (tertiary alicyclic amines) is 1. The highest BCUT2D eigenvalue weighted by Crippen LogP contribution is 2.26. The summed E-state index contributed by atoms with van der Waals surface area (Å²) in [6, 6.07) is 0. The molecule has 0 unspecified atom stereocenters. The first-order valence-electron chi connectivity index (χ1n) is 5.89. The second kappa shape index (κ2) is 5.68. The Labute approximate surface area is 118 Å². The van der Waals surface area contributed by atoms with Crippen LogP contribution in [-0.4, -0.2) is 47.9 Å². The van der Waals surface area contributed by atoms with E-state index in [0.717, 1.165) is 0 Å². The average Bonchev–Trinajstić information content (AvgIpc) is 2.81. The maximum atomic E-state index is 12.9. The van der Waals surface area contributed by atoms with E-state index in [1.165, 1.54) is 11.3 Å². The number of aryl methyl sites for hydroxylation is 1. The van der Waals surface area contributed by atoms with Gasteiger partial charge in [0.2, 0.25) is 0 Å². The van der Waals surface area contributed by atoms with Crippen LogP contribution in [0.2, 0.25) is 5.15 Å². The molecule has 0 aromatic carbocycles. The highest BCUT2D eigenvalue weighted by Gasteiger charge is 2.37. The average molecular weight is 310 g/mol. The molecule has 8 heteroatoms. The minimum Gasteiger partial charge on any atom is -0.350 e. The Balaban J connectivity index is 1.77. The first kappa shape index (κ1) is 14.6. The first-order valence-corrected chi connectivity index (χ1v) is 7.08. The van der Waals surface area contributed by atoms with Crippen LogP contribution in [0, 0.1) is 6.92 Å². The number of halogens is 3. The Kier molecular flexibility index (Phi) is 4.37. The molecule has 1 aromatic heterocycles. The van der Waals surface area contributed by atoms with Crippen LogP contribution in [0.25, 0.3) is 0 Å². The predicted octanol–water partition coefficient (Wildman–Crippen LogP) is 2.18. The van der Waals surface area contributed by atoms with Gasteiger partial charge in [-0.3, -0.25) is 9.69 Å². The number of rotatable bonds is 4. The van der Waals surface area contributed by atoms with Crippen LogP contribution in [0.4, 0.5) is 8.78 Å². The molecule has 2 heterocycles. The van der Waals surface area contributed by atoms with E-state index in [2.05, 4.69) is 10.3 Å². The van der Waals surface area contributed by atoms with Crippen molar-refractivity contribution in [3.63, 3.8) is 0 Å². The van der Waals surface area contributed by atoms with Crippen molar-refractivity contribution in [3.8, 4) is 0 Å². The fourth-order valence-electron chi connectivity index (χ4n) is 1.95. The summed E-state index contributed by atoms with van der Waals surface area (Å²) in [5.74, 6) is -2.90. The van der Waals surface area contributed by atoms with Crippen molar-refractivity contribution in [1.29, 1.82) is 0 Å². The molecular formula is C11H14ClF2N3OS. The Bertz CT molecular complexity index is 481. The van der Waals surface area contributed by atoms with Gasteiger partial charge in [0, 0.05) is 26.1 Å². The topological polar surface area (TPSA) is 45.2 Å². The summed E-state index contributed by atoms with van der Waals surface area (Å²) >= 11 is 7.03. The summed E-state index contributed by atoms with van der Waals surface area (Å²) < 4.78 is 25.9. The maximum absolute atomic E-state index is 12.9. The van der Waals surface area contributed by atoms with Gasteiger partial charge in [0.1, 0.15) is 4.88 Å². The standard InChI is InChI=1S/C11H14ClF2N3OS/c1-7-16-9(12)8(19-7)10(18)15-3-5-17-4-2-11(13,14)6-17/h2-6H2,1H3,(H,15,18). The lowest BCUT2D eigenvalue weighted by atomic mass is 10.3. The monoisotopic (exact) mass is 309 g/mol. The van der Waals surface area contributed by atoms with Crippen molar-refractivity contribution >= 4 is 28.8 Å². The summed E-state index contributed by atoms with van der Waals surface area (Å²) in [7, 11) is 0. The van der Waals surface area contributed by atoms with Gasteiger partial charge in [-0.1, -0.05) is 11.6 Å². The van der Waals surface area contributed by atoms with Gasteiger partial charge < -0.3 is 5.32 Å². The van der Waals surface area contributed by atoms with Crippen LogP contribution >= 0.6 is 22.9 Å². The van der Waals surface area contributed by atoms with Crippen molar-refractivity contribution in [2.45, 2.75) is 19.3 Å². The fraction of sp³-hybridized carbons (Fsp3) is 0.636. The normalized spacial score (nSPS) is 18.7. The molecule has 1 N–H and O–H groups in total. The highest BCUT2D eigenvalue weighted by atomic mass is 35.5. The molecule has 106 valence electrons. The Morgan fingerprint density at radius 1 is 1.63 bits per heavy atom. The smallest absolute Gasteiger partial charge is 0.264 e. The summed E-state index contributed by atoms with van der Waals surface area (Å²) in [4.78, 5) is 17.7. The molecule has 1 saturated heterocycles. The molecule has 1 fully saturated rings. The van der Waals surface area contributed by atoms with Crippen LogP contribution in [0.1, 0.15) is 21.1 Å². The van der Waals surface area contributed by atoms with E-state index in [4.69, 9.17) is 11.6 Å². The van der Waals surface area contributed by atoms with Gasteiger partial charge in [-0.25, -0.2) is 13.8 Å². The van der Waals surface area contributed by atoms with Gasteiger partial charge in [0.05, 0.1) is 11.6 Å². The Hall–Kier alpha value is -0.790. The van der Waals surface area contributed by atoms with E-state index in [9.17, 15) is 13.6 Å². The predicted molar refractivity (Wildman–Crippen MR) is 70.2 cm³/mol. The molecule has 1 aromatic rings. The summed E-state index contributed by atoms with van der Waals surface area (Å²) in [5.41, 5.74) is 0. The second-order valence-electron chi connectivity index (χ2n) is 4.49. The largest absolute Gasteiger partial charge is 0.350 e. The van der Waals surface area contributed by atoms with Crippen molar-refractivity contribution in [1.82, 2.24) is 15.2 Å². The molecule has 19 heavy (non-hydrogen) atoms. The lowest BCUT2D eigenvalue weighted by molar-refractivity contribution is 0.0124. The molecule has 1 amide bonds. The Morgan fingerprint density at radius 3 is 2.89 bits per heavy atom. The quantitative estimate of drug-likeness (QED) is 0.927. The minimum atomic E-state index is -2.60. The van der Waals surface area contributed by atoms with Gasteiger partial charge in [0.15, 0.2) is 5.15 Å². The van der Waals surface area contributed by atoms with Gasteiger partial charge in [-0.05, 0) is 6.92 Å². The van der Waals surface area contributed by atoms with E-state index >= 15 is 0 Å². The lowest BCUT2D eigenvalue weighted by Crippen LogP contribution is -2.34. The molecular weight excluding hydrogens is 296 g/mol. The van der Waals surface area contributed by atoms with E-state index in [-0.39, 0.29) is 24.0 Å². The van der Waals surface area contributed by atoms with Gasteiger partial charge in [-0.2, -0.15) is 0 Å². The molecule has 0 atom stereocenters. The van der Waals surface area contributed by atoms with E-state index < -0.39 is 5.92 Å². The summed E-state index contributed by atoms with van der Waals surface area (Å²) in [6.45, 7) is 2.63. The van der Waals surface area contributed by atoms with Crippen LogP contribution in [0.5, 0.6) is 0 Å². The summed E-state index contributed by atoms with van der Waals surface area (Å²) in [6.07, 6.45) is -0.110. The number of nitrogens with one attached hydrogen (secondary N) is 1. The zero-order valence-corrected chi connectivity index (χ0v) is 12.0. The van der Waals surface area contributed by atoms with Crippen molar-refractivity contribution in [3.05, 3.63) is 15.0 Å². The zero-order chi connectivity index (χ0) is 14.0. The molecule has 0 saturated carbocycles. The van der Waals surface area contributed by atoms with Gasteiger partial charge >= 0.3 is 0 Å². The third kappa shape index (κ3) is 3.84.